The molecule has 3 nitrogen and oxygen atoms in total. The molecule has 0 bridgehead atoms. The molecule has 3 aromatic rings. The van der Waals surface area contributed by atoms with E-state index in [0.29, 0.717) is 0 Å². The second kappa shape index (κ2) is 2.73. The molecule has 0 aliphatic carbocycles. The fourth-order valence-electron chi connectivity index (χ4n) is 1.47. The maximum absolute atomic E-state index is 5.59. The third-order valence-corrected chi connectivity index (χ3v) is 2.16. The Morgan fingerprint density at radius 1 is 1.14 bits per heavy atom. The van der Waals surface area contributed by atoms with Gasteiger partial charge in [-0.05, 0) is 0 Å². The van der Waals surface area contributed by atoms with Crippen LogP contribution in [0.1, 0.15) is 0 Å². The van der Waals surface area contributed by atoms with Crippen LogP contribution in [0.15, 0.2) is 53.5 Å². The summed E-state index contributed by atoms with van der Waals surface area (Å²) in [7, 11) is 0. The normalized spacial score (nSPS) is 10.9. The Morgan fingerprint density at radius 3 is 2.79 bits per heavy atom. The highest BCUT2D eigenvalue weighted by Crippen LogP contribution is 2.21. The number of hydrogen-bond donors (Lipinski definition) is 0. The summed E-state index contributed by atoms with van der Waals surface area (Å²) in [6, 6.07) is 10.0. The Hall–Kier alpha value is -2.03. The smallest absolute Gasteiger partial charge is 0.224 e. The monoisotopic (exact) mass is 184 g/mol. The third kappa shape index (κ3) is 1.03. The standard InChI is InChI=1S/C11H8N2O/c1-2-4-9(5-3-1)10-7-13-8-12-6-11(13)14-10/h1-8H. The van der Waals surface area contributed by atoms with Gasteiger partial charge in [0, 0.05) is 5.56 Å². The zero-order valence-electron chi connectivity index (χ0n) is 7.42. The molecule has 0 N–H and O–H groups in total. The van der Waals surface area contributed by atoms with E-state index in [2.05, 4.69) is 4.98 Å². The van der Waals surface area contributed by atoms with Crippen molar-refractivity contribution in [2.45, 2.75) is 0 Å². The van der Waals surface area contributed by atoms with Gasteiger partial charge in [0.1, 0.15) is 6.33 Å². The third-order valence-electron chi connectivity index (χ3n) is 2.16. The number of aromatic nitrogens is 2. The average Bonchev–Trinajstić information content (AvgIpc) is 2.78. The zero-order valence-corrected chi connectivity index (χ0v) is 7.42. The van der Waals surface area contributed by atoms with Gasteiger partial charge in [-0.25, -0.2) is 4.98 Å². The summed E-state index contributed by atoms with van der Waals surface area (Å²) in [5, 5.41) is 0. The summed E-state index contributed by atoms with van der Waals surface area (Å²) in [5.41, 5.74) is 1.85. The highest BCUT2D eigenvalue weighted by molar-refractivity contribution is 5.58. The molecule has 2 aromatic heterocycles. The molecule has 1 aromatic carbocycles. The fraction of sp³-hybridized carbons (Fsp3) is 0. The molecule has 68 valence electrons. The predicted octanol–water partition coefficient (Wildman–Crippen LogP) is 2.59. The van der Waals surface area contributed by atoms with Crippen molar-refractivity contribution in [3.8, 4) is 11.3 Å². The molecule has 0 unspecified atom stereocenters. The van der Waals surface area contributed by atoms with E-state index in [1.165, 1.54) is 0 Å². The van der Waals surface area contributed by atoms with Gasteiger partial charge in [0.2, 0.25) is 5.71 Å². The number of imidazole rings is 1. The van der Waals surface area contributed by atoms with Crippen LogP contribution in [0.4, 0.5) is 0 Å². The molecule has 14 heavy (non-hydrogen) atoms. The molecule has 0 aliphatic heterocycles. The number of nitrogens with zero attached hydrogens (tertiary/aromatic N) is 2. The molecule has 0 fully saturated rings. The molecule has 0 radical (unpaired) electrons. The van der Waals surface area contributed by atoms with Crippen LogP contribution in [0.2, 0.25) is 0 Å². The van der Waals surface area contributed by atoms with E-state index in [9.17, 15) is 0 Å². The molecule has 0 aliphatic rings. The summed E-state index contributed by atoms with van der Waals surface area (Å²) < 4.78 is 7.46. The molecule has 0 saturated carbocycles. The topological polar surface area (TPSA) is 30.4 Å². The van der Waals surface area contributed by atoms with Crippen LogP contribution in [-0.4, -0.2) is 9.38 Å². The van der Waals surface area contributed by atoms with Gasteiger partial charge in [0.25, 0.3) is 0 Å². The van der Waals surface area contributed by atoms with Crippen molar-refractivity contribution in [2.24, 2.45) is 0 Å². The van der Waals surface area contributed by atoms with Gasteiger partial charge in [0.15, 0.2) is 5.76 Å². The quantitative estimate of drug-likeness (QED) is 0.582. The van der Waals surface area contributed by atoms with Gasteiger partial charge in [-0.3, -0.25) is 4.40 Å². The van der Waals surface area contributed by atoms with Gasteiger partial charge in [-0.1, -0.05) is 30.3 Å². The minimum Gasteiger partial charge on any atom is -0.437 e. The molecule has 0 spiro atoms. The minimum absolute atomic E-state index is 0.767. The molecule has 0 atom stereocenters. The molecular formula is C11H8N2O. The first-order chi connectivity index (χ1) is 6.93. The van der Waals surface area contributed by atoms with Gasteiger partial charge < -0.3 is 4.42 Å². The lowest BCUT2D eigenvalue weighted by Gasteiger charge is -1.92. The van der Waals surface area contributed by atoms with Gasteiger partial charge >= 0.3 is 0 Å². The van der Waals surface area contributed by atoms with Crippen molar-refractivity contribution in [1.29, 1.82) is 0 Å². The molecule has 0 amide bonds. The molecule has 3 heteroatoms. The summed E-state index contributed by atoms with van der Waals surface area (Å²) >= 11 is 0. The van der Waals surface area contributed by atoms with Crippen LogP contribution in [0, 0.1) is 0 Å². The number of fused-ring (bicyclic) bond motifs is 1. The summed E-state index contributed by atoms with van der Waals surface area (Å²) in [5.74, 6) is 0.864. The predicted molar refractivity (Wildman–Crippen MR) is 52.9 cm³/mol. The average molecular weight is 184 g/mol. The lowest BCUT2D eigenvalue weighted by atomic mass is 10.2. The zero-order chi connectivity index (χ0) is 9.38. The number of oxazole rings is 1. The van der Waals surface area contributed by atoms with Crippen LogP contribution in [0.5, 0.6) is 0 Å². The molecule has 3 rings (SSSR count). The Balaban J connectivity index is 2.19. The largest absolute Gasteiger partial charge is 0.437 e. The Morgan fingerprint density at radius 2 is 2.00 bits per heavy atom. The van der Waals surface area contributed by atoms with Crippen LogP contribution >= 0.6 is 0 Å². The maximum atomic E-state index is 5.59. The molecular weight excluding hydrogens is 176 g/mol. The Kier molecular flexibility index (Phi) is 1.44. The lowest BCUT2D eigenvalue weighted by molar-refractivity contribution is 0.623. The summed E-state index contributed by atoms with van der Waals surface area (Å²) in [6.07, 6.45) is 5.36. The lowest BCUT2D eigenvalue weighted by Crippen LogP contribution is -1.72. The number of benzene rings is 1. The van der Waals surface area contributed by atoms with E-state index in [0.717, 1.165) is 17.0 Å². The Labute approximate surface area is 80.6 Å². The van der Waals surface area contributed by atoms with Crippen molar-refractivity contribution in [1.82, 2.24) is 9.38 Å². The molecule has 2 heterocycles. The van der Waals surface area contributed by atoms with Gasteiger partial charge in [-0.2, -0.15) is 0 Å². The van der Waals surface area contributed by atoms with Crippen LogP contribution < -0.4 is 0 Å². The van der Waals surface area contributed by atoms with E-state index in [1.54, 1.807) is 12.5 Å². The first kappa shape index (κ1) is 7.38. The van der Waals surface area contributed by atoms with E-state index < -0.39 is 0 Å². The van der Waals surface area contributed by atoms with Crippen molar-refractivity contribution in [3.05, 3.63) is 49.1 Å². The van der Waals surface area contributed by atoms with Gasteiger partial charge in [0.05, 0.1) is 12.4 Å². The van der Waals surface area contributed by atoms with E-state index in [4.69, 9.17) is 4.42 Å². The van der Waals surface area contributed by atoms with Crippen molar-refractivity contribution >= 4 is 5.71 Å². The van der Waals surface area contributed by atoms with Crippen LogP contribution in [-0.2, 0) is 0 Å². The summed E-state index contributed by atoms with van der Waals surface area (Å²) in [6.45, 7) is 0. The second-order valence-corrected chi connectivity index (χ2v) is 3.10. The molecule has 0 saturated heterocycles. The van der Waals surface area contributed by atoms with Crippen molar-refractivity contribution in [2.75, 3.05) is 0 Å². The van der Waals surface area contributed by atoms with E-state index in [1.807, 2.05) is 40.9 Å². The van der Waals surface area contributed by atoms with Crippen LogP contribution in [0.3, 0.4) is 0 Å². The fourth-order valence-corrected chi connectivity index (χ4v) is 1.47. The Bertz CT molecular complexity index is 522. The van der Waals surface area contributed by atoms with E-state index in [-0.39, 0.29) is 0 Å². The highest BCUT2D eigenvalue weighted by Gasteiger charge is 2.04. The number of hydrogen-bond acceptors (Lipinski definition) is 2. The second-order valence-electron chi connectivity index (χ2n) is 3.10. The van der Waals surface area contributed by atoms with Gasteiger partial charge in [-0.15, -0.1) is 0 Å². The SMILES string of the molecule is c1ccc(-c2cn3cncc3o2)cc1. The number of rotatable bonds is 1. The highest BCUT2D eigenvalue weighted by atomic mass is 16.3. The van der Waals surface area contributed by atoms with E-state index >= 15 is 0 Å². The van der Waals surface area contributed by atoms with Crippen LogP contribution in [0.25, 0.3) is 17.0 Å². The first-order valence-corrected chi connectivity index (χ1v) is 4.40. The minimum atomic E-state index is 0.767. The maximum Gasteiger partial charge on any atom is 0.224 e. The first-order valence-electron chi connectivity index (χ1n) is 4.40. The van der Waals surface area contributed by atoms with Crippen molar-refractivity contribution < 1.29 is 4.42 Å². The van der Waals surface area contributed by atoms with Crippen molar-refractivity contribution in [3.63, 3.8) is 0 Å². The summed E-state index contributed by atoms with van der Waals surface area (Å²) in [4.78, 5) is 3.97.